The Bertz CT molecular complexity index is 712. The van der Waals surface area contributed by atoms with Gasteiger partial charge in [0.2, 0.25) is 9.84 Å². The van der Waals surface area contributed by atoms with Gasteiger partial charge < -0.3 is 10.8 Å². The van der Waals surface area contributed by atoms with Crippen molar-refractivity contribution < 1.29 is 13.5 Å². The third-order valence-corrected chi connectivity index (χ3v) is 4.97. The molecule has 6 heteroatoms. The molecule has 2 aromatic rings. The number of aromatic hydroxyl groups is 1. The maximum Gasteiger partial charge on any atom is 0.206 e. The molecule has 0 radical (unpaired) electrons. The molecule has 0 heterocycles. The van der Waals surface area contributed by atoms with Gasteiger partial charge in [0, 0.05) is 0 Å². The van der Waals surface area contributed by atoms with Gasteiger partial charge >= 0.3 is 0 Å². The summed E-state index contributed by atoms with van der Waals surface area (Å²) in [6.07, 6.45) is 0.700. The lowest BCUT2D eigenvalue weighted by Gasteiger charge is -2.07. The molecule has 0 aliphatic rings. The minimum Gasteiger partial charge on any atom is -0.506 e. The Hall–Kier alpha value is -1.56. The first kappa shape index (κ1) is 14.8. The molecule has 2 aromatic carbocycles. The molecule has 0 unspecified atom stereocenters. The summed E-state index contributed by atoms with van der Waals surface area (Å²) in [6, 6.07) is 10.4. The smallest absolute Gasteiger partial charge is 0.206 e. The average Bonchev–Trinajstić information content (AvgIpc) is 2.43. The Morgan fingerprint density at radius 2 is 1.65 bits per heavy atom. The van der Waals surface area contributed by atoms with Crippen LogP contribution in [-0.4, -0.2) is 20.1 Å². The van der Waals surface area contributed by atoms with E-state index in [0.29, 0.717) is 13.0 Å². The number of phenols is 1. The van der Waals surface area contributed by atoms with Crippen LogP contribution in [0.4, 0.5) is 0 Å². The Morgan fingerprint density at radius 3 is 2.20 bits per heavy atom. The van der Waals surface area contributed by atoms with Crippen LogP contribution in [0, 0.1) is 0 Å². The SMILES string of the molecule is NCCc1ccc(S(=O)(=O)c2ccc(O)c(Cl)c2)cc1. The normalized spacial score (nSPS) is 11.5. The summed E-state index contributed by atoms with van der Waals surface area (Å²) in [6.45, 7) is 0.514. The number of hydrogen-bond acceptors (Lipinski definition) is 4. The van der Waals surface area contributed by atoms with Crippen molar-refractivity contribution in [3.8, 4) is 5.75 Å². The summed E-state index contributed by atoms with van der Waals surface area (Å²) >= 11 is 5.75. The molecule has 3 N–H and O–H groups in total. The number of rotatable bonds is 4. The van der Waals surface area contributed by atoms with Crippen LogP contribution in [0.3, 0.4) is 0 Å². The fourth-order valence-corrected chi connectivity index (χ4v) is 3.32. The zero-order chi connectivity index (χ0) is 14.8. The first-order chi connectivity index (χ1) is 9.45. The van der Waals surface area contributed by atoms with E-state index in [1.807, 2.05) is 0 Å². The van der Waals surface area contributed by atoms with Crippen LogP contribution < -0.4 is 5.73 Å². The number of hydrogen-bond donors (Lipinski definition) is 2. The number of sulfone groups is 1. The lowest BCUT2D eigenvalue weighted by Crippen LogP contribution is -2.04. The van der Waals surface area contributed by atoms with Crippen LogP contribution >= 0.6 is 11.6 Å². The standard InChI is InChI=1S/C14H14ClNO3S/c15-13-9-12(5-6-14(13)17)20(18,19)11-3-1-10(2-4-11)7-8-16/h1-6,9,17H,7-8,16H2. The fraction of sp³-hybridized carbons (Fsp3) is 0.143. The molecule has 0 amide bonds. The van der Waals surface area contributed by atoms with Gasteiger partial charge in [-0.2, -0.15) is 0 Å². The van der Waals surface area contributed by atoms with Crippen LogP contribution in [0.15, 0.2) is 52.3 Å². The topological polar surface area (TPSA) is 80.4 Å². The zero-order valence-corrected chi connectivity index (χ0v) is 12.2. The molecule has 4 nitrogen and oxygen atoms in total. The molecule has 0 fully saturated rings. The van der Waals surface area contributed by atoms with Crippen molar-refractivity contribution in [2.75, 3.05) is 6.54 Å². The first-order valence-corrected chi connectivity index (χ1v) is 7.84. The third kappa shape index (κ3) is 2.95. The van der Waals surface area contributed by atoms with E-state index < -0.39 is 9.84 Å². The van der Waals surface area contributed by atoms with Crippen molar-refractivity contribution in [2.24, 2.45) is 5.73 Å². The third-order valence-electron chi connectivity index (χ3n) is 2.90. The van der Waals surface area contributed by atoms with Gasteiger partial charge in [0.15, 0.2) is 0 Å². The molecule has 0 atom stereocenters. The van der Waals surface area contributed by atoms with Gasteiger partial charge in [-0.3, -0.25) is 0 Å². The molecule has 20 heavy (non-hydrogen) atoms. The van der Waals surface area contributed by atoms with E-state index >= 15 is 0 Å². The molecule has 0 aliphatic heterocycles. The fourth-order valence-electron chi connectivity index (χ4n) is 1.79. The monoisotopic (exact) mass is 311 g/mol. The van der Waals surface area contributed by atoms with Crippen molar-refractivity contribution in [2.45, 2.75) is 16.2 Å². The van der Waals surface area contributed by atoms with Crippen LogP contribution in [0.5, 0.6) is 5.75 Å². The van der Waals surface area contributed by atoms with Gasteiger partial charge in [0.1, 0.15) is 5.75 Å². The summed E-state index contributed by atoms with van der Waals surface area (Å²) < 4.78 is 24.8. The van der Waals surface area contributed by atoms with Gasteiger partial charge in [-0.25, -0.2) is 8.42 Å². The minimum atomic E-state index is -3.64. The summed E-state index contributed by atoms with van der Waals surface area (Å²) in [4.78, 5) is 0.229. The van der Waals surface area contributed by atoms with Gasteiger partial charge in [-0.05, 0) is 48.9 Å². The highest BCUT2D eigenvalue weighted by molar-refractivity contribution is 7.91. The molecular weight excluding hydrogens is 298 g/mol. The molecule has 0 aromatic heterocycles. The lowest BCUT2D eigenvalue weighted by atomic mass is 10.2. The highest BCUT2D eigenvalue weighted by Crippen LogP contribution is 2.29. The van der Waals surface area contributed by atoms with Crippen LogP contribution in [0.1, 0.15) is 5.56 Å². The van der Waals surface area contributed by atoms with E-state index in [4.69, 9.17) is 17.3 Å². The largest absolute Gasteiger partial charge is 0.506 e. The number of nitrogens with two attached hydrogens (primary N) is 1. The van der Waals surface area contributed by atoms with E-state index in [1.54, 1.807) is 24.3 Å². The van der Waals surface area contributed by atoms with Gasteiger partial charge in [0.05, 0.1) is 14.8 Å². The van der Waals surface area contributed by atoms with E-state index in [1.165, 1.54) is 18.2 Å². The molecule has 0 saturated heterocycles. The first-order valence-electron chi connectivity index (χ1n) is 5.98. The lowest BCUT2D eigenvalue weighted by molar-refractivity contribution is 0.475. The van der Waals surface area contributed by atoms with Crippen molar-refractivity contribution in [1.82, 2.24) is 0 Å². The molecular formula is C14H14ClNO3S. The Labute approximate surface area is 122 Å². The molecule has 2 rings (SSSR count). The van der Waals surface area contributed by atoms with Crippen molar-refractivity contribution in [3.05, 3.63) is 53.1 Å². The van der Waals surface area contributed by atoms with Gasteiger partial charge in [-0.15, -0.1) is 0 Å². The van der Waals surface area contributed by atoms with Gasteiger partial charge in [0.25, 0.3) is 0 Å². The molecule has 0 bridgehead atoms. The molecule has 0 saturated carbocycles. The van der Waals surface area contributed by atoms with Crippen LogP contribution in [-0.2, 0) is 16.3 Å². The summed E-state index contributed by atoms with van der Waals surface area (Å²) in [5.41, 5.74) is 6.43. The Kier molecular flexibility index (Phi) is 4.32. The maximum absolute atomic E-state index is 12.4. The average molecular weight is 312 g/mol. The second-order valence-electron chi connectivity index (χ2n) is 4.30. The summed E-state index contributed by atoms with van der Waals surface area (Å²) in [5, 5.41) is 9.34. The van der Waals surface area contributed by atoms with Gasteiger partial charge in [-0.1, -0.05) is 23.7 Å². The minimum absolute atomic E-state index is 0.00540. The predicted octanol–water partition coefficient (Wildman–Crippen LogP) is 2.38. The molecule has 0 spiro atoms. The van der Waals surface area contributed by atoms with Crippen LogP contribution in [0.2, 0.25) is 5.02 Å². The number of halogens is 1. The second kappa shape index (κ2) is 5.83. The summed E-state index contributed by atoms with van der Waals surface area (Å²) in [7, 11) is -3.64. The van der Waals surface area contributed by atoms with Crippen LogP contribution in [0.25, 0.3) is 0 Å². The van der Waals surface area contributed by atoms with E-state index in [9.17, 15) is 13.5 Å². The van der Waals surface area contributed by atoms with Crippen molar-refractivity contribution in [3.63, 3.8) is 0 Å². The maximum atomic E-state index is 12.4. The molecule has 106 valence electrons. The quantitative estimate of drug-likeness (QED) is 0.908. The van der Waals surface area contributed by atoms with Crippen molar-refractivity contribution in [1.29, 1.82) is 0 Å². The second-order valence-corrected chi connectivity index (χ2v) is 6.66. The Morgan fingerprint density at radius 1 is 1.05 bits per heavy atom. The van der Waals surface area contributed by atoms with Crippen molar-refractivity contribution >= 4 is 21.4 Å². The molecule has 0 aliphatic carbocycles. The predicted molar refractivity (Wildman–Crippen MR) is 77.8 cm³/mol. The zero-order valence-electron chi connectivity index (χ0n) is 10.6. The Balaban J connectivity index is 2.41. The number of benzene rings is 2. The highest BCUT2D eigenvalue weighted by Gasteiger charge is 2.18. The highest BCUT2D eigenvalue weighted by atomic mass is 35.5. The number of phenolic OH excluding ortho intramolecular Hbond substituents is 1. The van der Waals surface area contributed by atoms with E-state index in [2.05, 4.69) is 0 Å². The van der Waals surface area contributed by atoms with E-state index in [0.717, 1.165) is 5.56 Å². The van der Waals surface area contributed by atoms with E-state index in [-0.39, 0.29) is 20.6 Å². The summed E-state index contributed by atoms with van der Waals surface area (Å²) in [5.74, 6) is -0.149.